The fourth-order valence-electron chi connectivity index (χ4n) is 0.929. The van der Waals surface area contributed by atoms with Crippen molar-refractivity contribution in [2.75, 3.05) is 7.05 Å². The van der Waals surface area contributed by atoms with E-state index < -0.39 is 0 Å². The van der Waals surface area contributed by atoms with E-state index in [9.17, 15) is 0 Å². The Morgan fingerprint density at radius 2 is 1.85 bits per heavy atom. The Bertz CT molecular complexity index is 245. The summed E-state index contributed by atoms with van der Waals surface area (Å²) in [6.07, 6.45) is 9.63. The molecule has 0 saturated carbocycles. The van der Waals surface area contributed by atoms with E-state index in [-0.39, 0.29) is 0 Å². The van der Waals surface area contributed by atoms with Crippen LogP contribution in [0.3, 0.4) is 0 Å². The van der Waals surface area contributed by atoms with Gasteiger partial charge in [0.15, 0.2) is 0 Å². The maximum Gasteiger partial charge on any atom is 0.0814 e. The van der Waals surface area contributed by atoms with Crippen molar-refractivity contribution in [1.82, 2.24) is 5.32 Å². The first-order chi connectivity index (χ1) is 6.29. The van der Waals surface area contributed by atoms with Crippen molar-refractivity contribution in [3.8, 4) is 0 Å². The molecular weight excluding hydrogens is 160 g/mol. The van der Waals surface area contributed by atoms with Crippen molar-refractivity contribution in [2.24, 2.45) is 4.99 Å². The van der Waals surface area contributed by atoms with Gasteiger partial charge in [-0.25, -0.2) is 0 Å². The molecule has 0 aliphatic heterocycles. The molecule has 2 nitrogen and oxygen atoms in total. The van der Waals surface area contributed by atoms with E-state index in [1.807, 2.05) is 52.1 Å². The predicted octanol–water partition coefficient (Wildman–Crippen LogP) is 2.66. The molecule has 0 fully saturated rings. The van der Waals surface area contributed by atoms with Crippen LogP contribution >= 0.6 is 0 Å². The molecule has 0 aromatic carbocycles. The molecule has 0 atom stereocenters. The maximum atomic E-state index is 4.29. The van der Waals surface area contributed by atoms with Gasteiger partial charge in [-0.2, -0.15) is 0 Å². The van der Waals surface area contributed by atoms with Crippen LogP contribution in [0.2, 0.25) is 0 Å². The van der Waals surface area contributed by atoms with E-state index in [2.05, 4.69) is 10.3 Å². The summed E-state index contributed by atoms with van der Waals surface area (Å²) in [5, 5.41) is 3.08. The molecule has 72 valence electrons. The topological polar surface area (TPSA) is 24.4 Å². The van der Waals surface area contributed by atoms with Crippen molar-refractivity contribution in [3.05, 3.63) is 35.7 Å². The Morgan fingerprint density at radius 1 is 1.15 bits per heavy atom. The van der Waals surface area contributed by atoms with Crippen LogP contribution in [0.25, 0.3) is 0 Å². The number of hydrogen-bond acceptors (Lipinski definition) is 2. The molecule has 0 amide bonds. The number of nitrogens with one attached hydrogen (secondary N) is 1. The van der Waals surface area contributed by atoms with E-state index in [0.29, 0.717) is 0 Å². The molecule has 13 heavy (non-hydrogen) atoms. The standard InChI is InChI=1S/C11H18N2/c1-5-8-9-13-11(7-3)10(6-2)12-4/h5-9,12H,1-4H3/b8-5-,10-6-,11-7?,13-9?. The van der Waals surface area contributed by atoms with Crippen LogP contribution in [0, 0.1) is 0 Å². The van der Waals surface area contributed by atoms with Crippen molar-refractivity contribution in [3.63, 3.8) is 0 Å². The van der Waals surface area contributed by atoms with Gasteiger partial charge in [-0.3, -0.25) is 4.99 Å². The zero-order valence-electron chi connectivity index (χ0n) is 8.83. The first kappa shape index (κ1) is 11.7. The summed E-state index contributed by atoms with van der Waals surface area (Å²) >= 11 is 0. The Labute approximate surface area is 80.8 Å². The summed E-state index contributed by atoms with van der Waals surface area (Å²) < 4.78 is 0. The van der Waals surface area contributed by atoms with Crippen LogP contribution in [0.1, 0.15) is 20.8 Å². The van der Waals surface area contributed by atoms with Crippen molar-refractivity contribution < 1.29 is 0 Å². The Hall–Kier alpha value is -1.31. The van der Waals surface area contributed by atoms with E-state index in [4.69, 9.17) is 0 Å². The summed E-state index contributed by atoms with van der Waals surface area (Å²) in [4.78, 5) is 4.29. The second-order valence-corrected chi connectivity index (χ2v) is 2.43. The average molecular weight is 178 g/mol. The van der Waals surface area contributed by atoms with Gasteiger partial charge in [0.1, 0.15) is 0 Å². The monoisotopic (exact) mass is 178 g/mol. The Kier molecular flexibility index (Phi) is 6.60. The third-order valence-electron chi connectivity index (χ3n) is 1.60. The van der Waals surface area contributed by atoms with E-state index in [1.165, 1.54) is 0 Å². The summed E-state index contributed by atoms with van der Waals surface area (Å²) in [7, 11) is 1.89. The van der Waals surface area contributed by atoms with Gasteiger partial charge in [-0.05, 0) is 26.8 Å². The molecule has 0 aromatic rings. The van der Waals surface area contributed by atoms with Crippen LogP contribution in [-0.2, 0) is 0 Å². The molecule has 0 aromatic heterocycles. The molecule has 0 bridgehead atoms. The lowest BCUT2D eigenvalue weighted by Crippen LogP contribution is -2.06. The molecule has 0 heterocycles. The van der Waals surface area contributed by atoms with Crippen LogP contribution in [0.4, 0.5) is 0 Å². The molecule has 0 rings (SSSR count). The second kappa shape index (κ2) is 7.35. The SMILES string of the molecule is CC=C(N=C/C=C\C)/C(=C/C)NC. The summed E-state index contributed by atoms with van der Waals surface area (Å²) in [5.41, 5.74) is 2.01. The van der Waals surface area contributed by atoms with Gasteiger partial charge < -0.3 is 5.32 Å². The van der Waals surface area contributed by atoms with Gasteiger partial charge in [0.05, 0.1) is 11.4 Å². The van der Waals surface area contributed by atoms with Gasteiger partial charge >= 0.3 is 0 Å². The molecule has 2 heteroatoms. The van der Waals surface area contributed by atoms with Crippen molar-refractivity contribution >= 4 is 6.21 Å². The highest BCUT2D eigenvalue weighted by Crippen LogP contribution is 2.06. The lowest BCUT2D eigenvalue weighted by molar-refractivity contribution is 0.983. The lowest BCUT2D eigenvalue weighted by atomic mass is 10.3. The highest BCUT2D eigenvalue weighted by molar-refractivity contribution is 5.72. The predicted molar refractivity (Wildman–Crippen MR) is 59.9 cm³/mol. The highest BCUT2D eigenvalue weighted by Gasteiger charge is 1.95. The fraction of sp³-hybridized carbons (Fsp3) is 0.364. The van der Waals surface area contributed by atoms with Gasteiger partial charge in [0.2, 0.25) is 0 Å². The third-order valence-corrected chi connectivity index (χ3v) is 1.60. The molecule has 0 spiro atoms. The van der Waals surface area contributed by atoms with Crippen molar-refractivity contribution in [1.29, 1.82) is 0 Å². The van der Waals surface area contributed by atoms with E-state index in [0.717, 1.165) is 11.4 Å². The lowest BCUT2D eigenvalue weighted by Gasteiger charge is -2.04. The van der Waals surface area contributed by atoms with Gasteiger partial charge in [0.25, 0.3) is 0 Å². The van der Waals surface area contributed by atoms with Gasteiger partial charge in [0, 0.05) is 13.3 Å². The number of likely N-dealkylation sites (N-methyl/N-ethyl adjacent to an activating group) is 1. The second-order valence-electron chi connectivity index (χ2n) is 2.43. The number of hydrogen-bond donors (Lipinski definition) is 1. The zero-order valence-corrected chi connectivity index (χ0v) is 8.83. The van der Waals surface area contributed by atoms with Crippen LogP contribution in [-0.4, -0.2) is 13.3 Å². The molecule has 0 radical (unpaired) electrons. The quantitative estimate of drug-likeness (QED) is 0.519. The number of nitrogens with zero attached hydrogens (tertiary/aromatic N) is 1. The van der Waals surface area contributed by atoms with E-state index in [1.54, 1.807) is 6.21 Å². The molecule has 1 N–H and O–H groups in total. The number of allylic oxidation sites excluding steroid dienone is 4. The zero-order chi connectivity index (χ0) is 10.1. The molecule has 0 saturated heterocycles. The summed E-state index contributed by atoms with van der Waals surface area (Å²) in [6.45, 7) is 5.93. The minimum Gasteiger partial charge on any atom is -0.387 e. The van der Waals surface area contributed by atoms with Crippen molar-refractivity contribution in [2.45, 2.75) is 20.8 Å². The normalized spacial score (nSPS) is 14.5. The number of aliphatic imine (C=N–C) groups is 1. The maximum absolute atomic E-state index is 4.29. The third kappa shape index (κ3) is 4.31. The Morgan fingerprint density at radius 3 is 2.23 bits per heavy atom. The minimum atomic E-state index is 0.961. The van der Waals surface area contributed by atoms with Crippen LogP contribution < -0.4 is 5.32 Å². The highest BCUT2D eigenvalue weighted by atomic mass is 14.9. The summed E-state index contributed by atoms with van der Waals surface area (Å²) in [6, 6.07) is 0. The van der Waals surface area contributed by atoms with Gasteiger partial charge in [-0.15, -0.1) is 0 Å². The first-order valence-electron chi connectivity index (χ1n) is 4.46. The van der Waals surface area contributed by atoms with Crippen LogP contribution in [0.15, 0.2) is 40.7 Å². The fourth-order valence-corrected chi connectivity index (χ4v) is 0.929. The number of rotatable bonds is 4. The first-order valence-corrected chi connectivity index (χ1v) is 4.46. The average Bonchev–Trinajstić information content (AvgIpc) is 2.17. The molecule has 0 aliphatic carbocycles. The summed E-state index contributed by atoms with van der Waals surface area (Å²) in [5.74, 6) is 0. The molecular formula is C11H18N2. The largest absolute Gasteiger partial charge is 0.387 e. The smallest absolute Gasteiger partial charge is 0.0814 e. The minimum absolute atomic E-state index is 0.961. The molecule has 0 unspecified atom stereocenters. The van der Waals surface area contributed by atoms with Gasteiger partial charge in [-0.1, -0.05) is 18.2 Å². The Balaban J connectivity index is 4.54. The van der Waals surface area contributed by atoms with Crippen LogP contribution in [0.5, 0.6) is 0 Å². The molecule has 0 aliphatic rings. The van der Waals surface area contributed by atoms with E-state index >= 15 is 0 Å².